The molecule has 1 heterocycles. The van der Waals surface area contributed by atoms with Crippen molar-refractivity contribution in [3.05, 3.63) is 87.7 Å². The highest BCUT2D eigenvalue weighted by atomic mass is 32.1. The summed E-state index contributed by atoms with van der Waals surface area (Å²) in [6.45, 7) is 3.23. The summed E-state index contributed by atoms with van der Waals surface area (Å²) in [4.78, 5) is 26.5. The van der Waals surface area contributed by atoms with Crippen molar-refractivity contribution in [3.63, 3.8) is 0 Å². The average Bonchev–Trinajstić information content (AvgIpc) is 3.38. The normalized spacial score (nSPS) is 11.1. The van der Waals surface area contributed by atoms with E-state index in [1.165, 1.54) is 11.3 Å². The highest BCUT2D eigenvalue weighted by molar-refractivity contribution is 7.10. The number of carbonyl (C=O) groups excluding carboxylic acids is 2. The van der Waals surface area contributed by atoms with E-state index in [4.69, 9.17) is 9.47 Å². The number of para-hydroxylation sites is 1. The third kappa shape index (κ3) is 7.49. The van der Waals surface area contributed by atoms with Crippen molar-refractivity contribution in [1.29, 1.82) is 0 Å². The van der Waals surface area contributed by atoms with Gasteiger partial charge in [-0.2, -0.15) is 0 Å². The van der Waals surface area contributed by atoms with E-state index >= 15 is 0 Å². The molecule has 3 rings (SSSR count). The van der Waals surface area contributed by atoms with E-state index in [1.54, 1.807) is 37.5 Å². The zero-order valence-electron chi connectivity index (χ0n) is 19.5. The molecule has 2 amide bonds. The van der Waals surface area contributed by atoms with Crippen LogP contribution in [0, 0.1) is 0 Å². The van der Waals surface area contributed by atoms with E-state index in [9.17, 15) is 9.59 Å². The molecule has 0 spiro atoms. The number of hydrogen-bond acceptors (Lipinski definition) is 5. The number of nitrogens with one attached hydrogen (secondary N) is 2. The fourth-order valence-corrected chi connectivity index (χ4v) is 3.91. The molecule has 0 bridgehead atoms. The summed E-state index contributed by atoms with van der Waals surface area (Å²) >= 11 is 1.49. The fourth-order valence-electron chi connectivity index (χ4n) is 3.25. The smallest absolute Gasteiger partial charge is 0.267 e. The van der Waals surface area contributed by atoms with Crippen LogP contribution >= 0.6 is 11.3 Å². The molecule has 2 N–H and O–H groups in total. The van der Waals surface area contributed by atoms with Gasteiger partial charge in [0.25, 0.3) is 11.8 Å². The second-order valence-corrected chi connectivity index (χ2v) is 8.55. The lowest BCUT2D eigenvalue weighted by Gasteiger charge is -2.13. The van der Waals surface area contributed by atoms with Crippen LogP contribution in [0.2, 0.25) is 0 Å². The Bertz CT molecular complexity index is 1090. The molecule has 7 heteroatoms. The Kier molecular flexibility index (Phi) is 9.73. The van der Waals surface area contributed by atoms with E-state index < -0.39 is 0 Å². The number of thiophene rings is 1. The van der Waals surface area contributed by atoms with Gasteiger partial charge in [-0.05, 0) is 72.7 Å². The average molecular weight is 479 g/mol. The van der Waals surface area contributed by atoms with E-state index in [2.05, 4.69) is 17.6 Å². The van der Waals surface area contributed by atoms with Crippen molar-refractivity contribution in [3.8, 4) is 11.5 Å². The van der Waals surface area contributed by atoms with E-state index in [0.717, 1.165) is 35.5 Å². The Morgan fingerprint density at radius 3 is 2.53 bits per heavy atom. The standard InChI is InChI=1S/C27H30N2O4S/c1-3-17-33-25-11-5-4-8-20(25)9-6-16-28-27(31)24(19-23-10-7-18-34-23)29-26(30)21-12-14-22(32-2)15-13-21/h4-5,7-8,10-15,18-19H,3,6,9,16-17H2,1-2H3,(H,28,31)(H,29,30)/b24-19-. The molecule has 0 fully saturated rings. The Hall–Kier alpha value is -3.58. The summed E-state index contributed by atoms with van der Waals surface area (Å²) in [7, 11) is 1.57. The summed E-state index contributed by atoms with van der Waals surface area (Å²) in [6.07, 6.45) is 4.17. The number of hydrogen-bond donors (Lipinski definition) is 2. The number of carbonyl (C=O) groups is 2. The highest BCUT2D eigenvalue weighted by Crippen LogP contribution is 2.20. The van der Waals surface area contributed by atoms with Gasteiger partial charge in [-0.15, -0.1) is 11.3 Å². The topological polar surface area (TPSA) is 76.7 Å². The summed E-state index contributed by atoms with van der Waals surface area (Å²) in [5.74, 6) is 0.861. The van der Waals surface area contributed by atoms with E-state index in [1.807, 2.05) is 41.8 Å². The number of benzene rings is 2. The van der Waals surface area contributed by atoms with Crippen molar-refractivity contribution in [2.45, 2.75) is 26.2 Å². The molecular formula is C27H30N2O4S. The first-order valence-electron chi connectivity index (χ1n) is 11.3. The maximum absolute atomic E-state index is 12.9. The Balaban J connectivity index is 1.61. The molecule has 1 aromatic heterocycles. The van der Waals surface area contributed by atoms with Gasteiger partial charge in [0.15, 0.2) is 0 Å². The van der Waals surface area contributed by atoms with Gasteiger partial charge in [0.1, 0.15) is 17.2 Å². The number of amides is 2. The zero-order valence-corrected chi connectivity index (χ0v) is 20.3. The molecule has 0 radical (unpaired) electrons. The predicted octanol–water partition coefficient (Wildman–Crippen LogP) is 5.07. The third-order valence-electron chi connectivity index (χ3n) is 5.02. The molecule has 178 valence electrons. The molecule has 0 saturated carbocycles. The minimum Gasteiger partial charge on any atom is -0.497 e. The monoisotopic (exact) mass is 478 g/mol. The van der Waals surface area contributed by atoms with Gasteiger partial charge in [-0.1, -0.05) is 31.2 Å². The molecule has 2 aromatic carbocycles. The van der Waals surface area contributed by atoms with E-state index in [-0.39, 0.29) is 17.5 Å². The van der Waals surface area contributed by atoms with Gasteiger partial charge in [0, 0.05) is 17.0 Å². The lowest BCUT2D eigenvalue weighted by atomic mass is 10.1. The zero-order chi connectivity index (χ0) is 24.2. The molecule has 0 unspecified atom stereocenters. The first-order chi connectivity index (χ1) is 16.6. The molecule has 6 nitrogen and oxygen atoms in total. The van der Waals surface area contributed by atoms with Crippen LogP contribution < -0.4 is 20.1 Å². The van der Waals surface area contributed by atoms with Crippen LogP contribution in [0.1, 0.15) is 40.6 Å². The highest BCUT2D eigenvalue weighted by Gasteiger charge is 2.15. The first kappa shape index (κ1) is 25.1. The van der Waals surface area contributed by atoms with Gasteiger partial charge in [-0.25, -0.2) is 0 Å². The molecule has 3 aromatic rings. The van der Waals surface area contributed by atoms with Crippen molar-refractivity contribution in [2.75, 3.05) is 20.3 Å². The second-order valence-electron chi connectivity index (χ2n) is 7.57. The van der Waals surface area contributed by atoms with Gasteiger partial charge < -0.3 is 20.1 Å². The SMILES string of the molecule is CCCOc1ccccc1CCCNC(=O)/C(=C/c1cccs1)NC(=O)c1ccc(OC)cc1. The third-order valence-corrected chi connectivity index (χ3v) is 5.84. The summed E-state index contributed by atoms with van der Waals surface area (Å²) in [6, 6.07) is 18.5. The molecular weight excluding hydrogens is 448 g/mol. The number of ether oxygens (including phenoxy) is 2. The maximum atomic E-state index is 12.9. The molecule has 0 aliphatic carbocycles. The summed E-state index contributed by atoms with van der Waals surface area (Å²) in [5, 5.41) is 7.60. The van der Waals surface area contributed by atoms with Crippen molar-refractivity contribution >= 4 is 29.2 Å². The Morgan fingerprint density at radius 2 is 1.82 bits per heavy atom. The largest absolute Gasteiger partial charge is 0.497 e. The van der Waals surface area contributed by atoms with Crippen LogP contribution in [0.4, 0.5) is 0 Å². The molecule has 0 aliphatic heterocycles. The Labute approximate surface area is 204 Å². The fraction of sp³-hybridized carbons (Fsp3) is 0.259. The lowest BCUT2D eigenvalue weighted by molar-refractivity contribution is -0.117. The number of methoxy groups -OCH3 is 1. The minimum atomic E-state index is -0.359. The van der Waals surface area contributed by atoms with Crippen LogP contribution in [0.3, 0.4) is 0 Å². The number of aryl methyl sites for hydroxylation is 1. The van der Waals surface area contributed by atoms with E-state index in [0.29, 0.717) is 24.5 Å². The van der Waals surface area contributed by atoms with Crippen LogP contribution in [-0.2, 0) is 11.2 Å². The van der Waals surface area contributed by atoms with Gasteiger partial charge in [0.05, 0.1) is 13.7 Å². The molecule has 0 atom stereocenters. The van der Waals surface area contributed by atoms with Crippen molar-refractivity contribution in [2.24, 2.45) is 0 Å². The van der Waals surface area contributed by atoms with Gasteiger partial charge in [-0.3, -0.25) is 9.59 Å². The van der Waals surface area contributed by atoms with Crippen LogP contribution in [-0.4, -0.2) is 32.1 Å². The minimum absolute atomic E-state index is 0.204. The molecule has 0 aliphatic rings. The van der Waals surface area contributed by atoms with Crippen LogP contribution in [0.15, 0.2) is 71.7 Å². The second kappa shape index (κ2) is 13.2. The quantitative estimate of drug-likeness (QED) is 0.282. The lowest BCUT2D eigenvalue weighted by Crippen LogP contribution is -2.35. The maximum Gasteiger partial charge on any atom is 0.267 e. The predicted molar refractivity (Wildman–Crippen MR) is 136 cm³/mol. The summed E-state index contributed by atoms with van der Waals surface area (Å²) in [5.41, 5.74) is 1.76. The number of rotatable bonds is 12. The molecule has 34 heavy (non-hydrogen) atoms. The van der Waals surface area contributed by atoms with Crippen LogP contribution in [0.25, 0.3) is 6.08 Å². The Morgan fingerprint density at radius 1 is 1.03 bits per heavy atom. The van der Waals surface area contributed by atoms with Crippen LogP contribution in [0.5, 0.6) is 11.5 Å². The molecule has 0 saturated heterocycles. The van der Waals surface area contributed by atoms with Gasteiger partial charge >= 0.3 is 0 Å². The first-order valence-corrected chi connectivity index (χ1v) is 12.2. The van der Waals surface area contributed by atoms with Crippen molar-refractivity contribution in [1.82, 2.24) is 10.6 Å². The summed E-state index contributed by atoms with van der Waals surface area (Å²) < 4.78 is 10.9. The van der Waals surface area contributed by atoms with Crippen molar-refractivity contribution < 1.29 is 19.1 Å². The van der Waals surface area contributed by atoms with Gasteiger partial charge in [0.2, 0.25) is 0 Å².